The second-order valence-electron chi connectivity index (χ2n) is 5.82. The molecule has 0 saturated heterocycles. The molecule has 2 N–H and O–H groups in total. The first-order valence-corrected chi connectivity index (χ1v) is 6.77. The van der Waals surface area contributed by atoms with Gasteiger partial charge < -0.3 is 10.6 Å². The van der Waals surface area contributed by atoms with Gasteiger partial charge in [0.25, 0.3) is 0 Å². The molecule has 0 bridgehead atoms. The monoisotopic (exact) mass is 268 g/mol. The number of aliphatic imine (C=N–C) groups is 1. The van der Waals surface area contributed by atoms with Gasteiger partial charge in [-0.15, -0.1) is 0 Å². The lowest BCUT2D eigenvalue weighted by molar-refractivity contribution is 0.512. The highest BCUT2D eigenvalue weighted by Crippen LogP contribution is 2.14. The van der Waals surface area contributed by atoms with E-state index >= 15 is 0 Å². The maximum atomic E-state index is 8.84. The van der Waals surface area contributed by atoms with Crippen LogP contribution in [0.3, 0.4) is 0 Å². The summed E-state index contributed by atoms with van der Waals surface area (Å²) in [5, 5.41) is 15.6. The normalized spacial score (nSPS) is 15.3. The van der Waals surface area contributed by atoms with Gasteiger partial charge in [-0.25, -0.2) is 0 Å². The van der Waals surface area contributed by atoms with Crippen LogP contribution in [0.1, 0.15) is 31.9 Å². The maximum Gasteiger partial charge on any atom is 0.123 e. The Bertz CT molecular complexity index is 568. The van der Waals surface area contributed by atoms with Crippen LogP contribution in [-0.4, -0.2) is 24.5 Å². The molecule has 0 radical (unpaired) electrons. The van der Waals surface area contributed by atoms with E-state index in [1.54, 1.807) is 0 Å². The first kappa shape index (κ1) is 14.1. The zero-order valence-corrected chi connectivity index (χ0v) is 12.2. The Morgan fingerprint density at radius 2 is 1.95 bits per heavy atom. The lowest BCUT2D eigenvalue weighted by atomic mass is 10.1. The first-order chi connectivity index (χ1) is 9.48. The number of rotatable bonds is 1. The van der Waals surface area contributed by atoms with E-state index in [-0.39, 0.29) is 5.54 Å². The van der Waals surface area contributed by atoms with Crippen LogP contribution in [-0.2, 0) is 0 Å². The molecule has 0 amide bonds. The number of hydrogen-bond donors (Lipinski definition) is 2. The van der Waals surface area contributed by atoms with Gasteiger partial charge in [0.15, 0.2) is 0 Å². The fourth-order valence-corrected chi connectivity index (χ4v) is 1.97. The van der Waals surface area contributed by atoms with Crippen molar-refractivity contribution < 1.29 is 0 Å². The fraction of sp³-hybridized carbons (Fsp3) is 0.375. The molecule has 2 rings (SSSR count). The Morgan fingerprint density at radius 1 is 1.25 bits per heavy atom. The molecule has 20 heavy (non-hydrogen) atoms. The van der Waals surface area contributed by atoms with Crippen molar-refractivity contribution in [3.05, 3.63) is 41.5 Å². The van der Waals surface area contributed by atoms with E-state index in [1.165, 1.54) is 0 Å². The predicted molar refractivity (Wildman–Crippen MR) is 82.3 cm³/mol. The van der Waals surface area contributed by atoms with E-state index in [2.05, 4.69) is 42.5 Å². The topological polar surface area (TPSA) is 60.2 Å². The molecule has 0 aliphatic carbocycles. The Balaban J connectivity index is 2.25. The molecule has 1 aromatic carbocycles. The molecule has 104 valence electrons. The van der Waals surface area contributed by atoms with E-state index in [4.69, 9.17) is 5.26 Å². The van der Waals surface area contributed by atoms with Crippen LogP contribution in [0, 0.1) is 11.3 Å². The van der Waals surface area contributed by atoms with Crippen LogP contribution in [0.2, 0.25) is 0 Å². The van der Waals surface area contributed by atoms with Crippen molar-refractivity contribution in [2.24, 2.45) is 4.99 Å². The molecular weight excluding hydrogens is 248 g/mol. The van der Waals surface area contributed by atoms with Gasteiger partial charge in [0.2, 0.25) is 0 Å². The molecule has 0 fully saturated rings. The summed E-state index contributed by atoms with van der Waals surface area (Å²) in [7, 11) is 0. The standard InChI is InChI=1S/C16H20N4/c1-16(2,3)20-15-10-14(18-8-9-19-15)13-6-4-12(11-17)5-7-13/h4-7,10,18H,8-9H2,1-3H3,(H,19,20). The summed E-state index contributed by atoms with van der Waals surface area (Å²) in [6.07, 6.45) is 2.03. The van der Waals surface area contributed by atoms with Gasteiger partial charge in [-0.3, -0.25) is 4.99 Å². The molecule has 1 aliphatic heterocycles. The molecule has 4 nitrogen and oxygen atoms in total. The number of benzene rings is 1. The lowest BCUT2D eigenvalue weighted by Gasteiger charge is -2.22. The van der Waals surface area contributed by atoms with Crippen molar-refractivity contribution in [2.75, 3.05) is 13.1 Å². The van der Waals surface area contributed by atoms with Crippen LogP contribution in [0.15, 0.2) is 35.3 Å². The minimum atomic E-state index is -0.0184. The van der Waals surface area contributed by atoms with Crippen molar-refractivity contribution in [3.63, 3.8) is 0 Å². The Kier molecular flexibility index (Phi) is 4.09. The largest absolute Gasteiger partial charge is 0.383 e. The smallest absolute Gasteiger partial charge is 0.123 e. The van der Waals surface area contributed by atoms with Gasteiger partial charge in [0, 0.05) is 23.9 Å². The summed E-state index contributed by atoms with van der Waals surface area (Å²) >= 11 is 0. The second kappa shape index (κ2) is 5.79. The van der Waals surface area contributed by atoms with Gasteiger partial charge >= 0.3 is 0 Å². The molecule has 1 aromatic rings. The van der Waals surface area contributed by atoms with Gasteiger partial charge in [0.1, 0.15) is 5.84 Å². The molecule has 0 spiro atoms. The minimum absolute atomic E-state index is 0.0184. The van der Waals surface area contributed by atoms with Crippen LogP contribution in [0.5, 0.6) is 0 Å². The van der Waals surface area contributed by atoms with Crippen LogP contribution in [0.4, 0.5) is 0 Å². The average molecular weight is 268 g/mol. The number of nitrogens with zero attached hydrogens (tertiary/aromatic N) is 2. The van der Waals surface area contributed by atoms with Crippen molar-refractivity contribution in [1.29, 1.82) is 5.26 Å². The second-order valence-corrected chi connectivity index (χ2v) is 5.82. The summed E-state index contributed by atoms with van der Waals surface area (Å²) in [5.74, 6) is 0.891. The zero-order valence-electron chi connectivity index (χ0n) is 12.2. The number of nitriles is 1. The molecule has 0 aromatic heterocycles. The molecule has 0 unspecified atom stereocenters. The Labute approximate surface area is 120 Å². The van der Waals surface area contributed by atoms with Gasteiger partial charge in [-0.1, -0.05) is 12.1 Å². The van der Waals surface area contributed by atoms with E-state index in [1.807, 2.05) is 30.3 Å². The lowest BCUT2D eigenvalue weighted by Crippen LogP contribution is -2.40. The zero-order chi connectivity index (χ0) is 14.6. The molecule has 1 heterocycles. The quantitative estimate of drug-likeness (QED) is 0.821. The van der Waals surface area contributed by atoms with E-state index < -0.39 is 0 Å². The summed E-state index contributed by atoms with van der Waals surface area (Å²) in [6, 6.07) is 9.71. The van der Waals surface area contributed by atoms with Crippen molar-refractivity contribution >= 4 is 11.5 Å². The maximum absolute atomic E-state index is 8.84. The molecule has 4 heteroatoms. The Morgan fingerprint density at radius 3 is 2.55 bits per heavy atom. The third-order valence-corrected chi connectivity index (χ3v) is 2.82. The van der Waals surface area contributed by atoms with E-state index in [0.717, 1.165) is 30.2 Å². The van der Waals surface area contributed by atoms with Gasteiger partial charge in [-0.2, -0.15) is 5.26 Å². The summed E-state index contributed by atoms with van der Waals surface area (Å²) in [6.45, 7) is 7.89. The van der Waals surface area contributed by atoms with Crippen molar-refractivity contribution in [1.82, 2.24) is 10.6 Å². The molecular formula is C16H20N4. The highest BCUT2D eigenvalue weighted by molar-refractivity contribution is 5.99. The van der Waals surface area contributed by atoms with Gasteiger partial charge in [-0.05, 0) is 38.5 Å². The highest BCUT2D eigenvalue weighted by atomic mass is 15.1. The van der Waals surface area contributed by atoms with E-state index in [0.29, 0.717) is 5.56 Å². The average Bonchev–Trinajstić information content (AvgIpc) is 2.62. The third-order valence-electron chi connectivity index (χ3n) is 2.82. The van der Waals surface area contributed by atoms with Crippen LogP contribution in [0.25, 0.3) is 5.70 Å². The Hall–Kier alpha value is -2.28. The molecule has 1 aliphatic rings. The van der Waals surface area contributed by atoms with Crippen molar-refractivity contribution in [2.45, 2.75) is 26.3 Å². The number of nitrogens with one attached hydrogen (secondary N) is 2. The molecule has 0 saturated carbocycles. The minimum Gasteiger partial charge on any atom is -0.383 e. The summed E-state index contributed by atoms with van der Waals surface area (Å²) in [4.78, 5) is 4.53. The highest BCUT2D eigenvalue weighted by Gasteiger charge is 2.13. The first-order valence-electron chi connectivity index (χ1n) is 6.77. The van der Waals surface area contributed by atoms with E-state index in [9.17, 15) is 0 Å². The number of hydrogen-bond acceptors (Lipinski definition) is 4. The summed E-state index contributed by atoms with van der Waals surface area (Å²) in [5.41, 5.74) is 2.75. The van der Waals surface area contributed by atoms with Crippen LogP contribution < -0.4 is 10.6 Å². The number of amidine groups is 1. The fourth-order valence-electron chi connectivity index (χ4n) is 1.97. The summed E-state index contributed by atoms with van der Waals surface area (Å²) < 4.78 is 0. The van der Waals surface area contributed by atoms with Crippen molar-refractivity contribution in [3.8, 4) is 6.07 Å². The third kappa shape index (κ3) is 3.86. The molecule has 0 atom stereocenters. The SMILES string of the molecule is CC(C)(C)NC1=NCCNC(c2ccc(C#N)cc2)=C1. The van der Waals surface area contributed by atoms with Crippen LogP contribution >= 0.6 is 0 Å². The predicted octanol–water partition coefficient (Wildman–Crippen LogP) is 2.29. The van der Waals surface area contributed by atoms with Gasteiger partial charge in [0.05, 0.1) is 18.2 Å².